The highest BCUT2D eigenvalue weighted by Crippen LogP contribution is 2.25. The maximum absolute atomic E-state index is 11.8. The van der Waals surface area contributed by atoms with Crippen LogP contribution in [0, 0.1) is 0 Å². The number of rotatable bonds is 8. The summed E-state index contributed by atoms with van der Waals surface area (Å²) in [6, 6.07) is 5.86. The maximum Gasteiger partial charge on any atom is 0.220 e. The lowest BCUT2D eigenvalue weighted by atomic mass is 10.1. The second-order valence-corrected chi connectivity index (χ2v) is 5.81. The lowest BCUT2D eigenvalue weighted by Gasteiger charge is -2.07. The number of carbonyl (C=O) groups is 1. The zero-order valence-corrected chi connectivity index (χ0v) is 14.1. The molecular weight excluding hydrogens is 348 g/mol. The fraction of sp³-hybridized carbons (Fsp3) is 0.375. The van der Waals surface area contributed by atoms with Crippen LogP contribution in [0.2, 0.25) is 0 Å². The summed E-state index contributed by atoms with van der Waals surface area (Å²) in [4.78, 5) is 11.8. The van der Waals surface area contributed by atoms with E-state index in [9.17, 15) is 4.79 Å². The van der Waals surface area contributed by atoms with Crippen LogP contribution >= 0.6 is 15.9 Å². The van der Waals surface area contributed by atoms with Crippen LogP contribution in [-0.2, 0) is 17.6 Å². The zero-order valence-electron chi connectivity index (χ0n) is 12.5. The third-order valence-electron chi connectivity index (χ3n) is 3.30. The van der Waals surface area contributed by atoms with Crippen LogP contribution in [0.25, 0.3) is 0 Å². The number of aryl methyl sites for hydroxylation is 2. The van der Waals surface area contributed by atoms with Crippen LogP contribution in [0.1, 0.15) is 24.0 Å². The smallest absolute Gasteiger partial charge is 0.220 e. The minimum Gasteiger partial charge on any atom is -0.496 e. The molecule has 0 aliphatic heterocycles. The highest BCUT2D eigenvalue weighted by atomic mass is 79.9. The SMILES string of the molecule is COc1ccc(CCC(=O)NCCCc2cnoc2)cc1Br. The summed E-state index contributed by atoms with van der Waals surface area (Å²) < 4.78 is 10.8. The molecule has 2 rings (SSSR count). The molecule has 2 aromatic rings. The van der Waals surface area contributed by atoms with Gasteiger partial charge in [0, 0.05) is 18.5 Å². The number of amides is 1. The van der Waals surface area contributed by atoms with Crippen molar-refractivity contribution >= 4 is 21.8 Å². The Labute approximate surface area is 138 Å². The Morgan fingerprint density at radius 3 is 2.91 bits per heavy atom. The Morgan fingerprint density at radius 1 is 1.36 bits per heavy atom. The van der Waals surface area contributed by atoms with E-state index in [0.29, 0.717) is 19.4 Å². The summed E-state index contributed by atoms with van der Waals surface area (Å²) in [5.41, 5.74) is 2.16. The monoisotopic (exact) mass is 366 g/mol. The normalized spacial score (nSPS) is 10.5. The van der Waals surface area contributed by atoms with E-state index in [1.54, 1.807) is 19.6 Å². The van der Waals surface area contributed by atoms with Gasteiger partial charge in [-0.25, -0.2) is 0 Å². The van der Waals surface area contributed by atoms with Crippen LogP contribution in [0.5, 0.6) is 5.75 Å². The van der Waals surface area contributed by atoms with E-state index >= 15 is 0 Å². The molecule has 0 unspecified atom stereocenters. The number of aromatic nitrogens is 1. The summed E-state index contributed by atoms with van der Waals surface area (Å²) in [6.45, 7) is 0.663. The number of methoxy groups -OCH3 is 1. The van der Waals surface area contributed by atoms with Crippen LogP contribution in [0.4, 0.5) is 0 Å². The average Bonchev–Trinajstić information content (AvgIpc) is 3.03. The number of nitrogens with one attached hydrogen (secondary N) is 1. The first-order chi connectivity index (χ1) is 10.7. The first-order valence-electron chi connectivity index (χ1n) is 7.16. The van der Waals surface area contributed by atoms with Crippen LogP contribution in [-0.4, -0.2) is 24.7 Å². The first kappa shape index (κ1) is 16.5. The molecule has 0 fully saturated rings. The summed E-state index contributed by atoms with van der Waals surface area (Å²) >= 11 is 3.45. The fourth-order valence-corrected chi connectivity index (χ4v) is 2.67. The maximum atomic E-state index is 11.8. The molecule has 1 aromatic carbocycles. The van der Waals surface area contributed by atoms with Gasteiger partial charge < -0.3 is 14.6 Å². The molecule has 0 saturated carbocycles. The summed E-state index contributed by atoms with van der Waals surface area (Å²) in [5, 5.41) is 6.57. The second kappa shape index (κ2) is 8.58. The molecule has 0 saturated heterocycles. The standard InChI is InChI=1S/C16H19BrN2O3/c1-21-15-6-4-12(9-14(15)17)5-7-16(20)18-8-2-3-13-10-19-22-11-13/h4,6,9-11H,2-3,5,7-8H2,1H3,(H,18,20). The Morgan fingerprint density at radius 2 is 2.23 bits per heavy atom. The van der Waals surface area contributed by atoms with E-state index in [4.69, 9.17) is 9.26 Å². The fourth-order valence-electron chi connectivity index (χ4n) is 2.08. The van der Waals surface area contributed by atoms with Gasteiger partial charge >= 0.3 is 0 Å². The van der Waals surface area contributed by atoms with Crippen molar-refractivity contribution in [1.82, 2.24) is 10.5 Å². The molecule has 118 valence electrons. The van der Waals surface area contributed by atoms with Crippen molar-refractivity contribution in [3.8, 4) is 5.75 Å². The van der Waals surface area contributed by atoms with Gasteiger partial charge in [0.2, 0.25) is 5.91 Å². The third-order valence-corrected chi connectivity index (χ3v) is 3.92. The van der Waals surface area contributed by atoms with Gasteiger partial charge in [-0.3, -0.25) is 4.79 Å². The topological polar surface area (TPSA) is 64.4 Å². The number of ether oxygens (including phenoxy) is 1. The average molecular weight is 367 g/mol. The van der Waals surface area contributed by atoms with Crippen molar-refractivity contribution < 1.29 is 14.1 Å². The summed E-state index contributed by atoms with van der Waals surface area (Å²) in [7, 11) is 1.63. The highest BCUT2D eigenvalue weighted by molar-refractivity contribution is 9.10. The zero-order chi connectivity index (χ0) is 15.8. The Hall–Kier alpha value is -1.82. The van der Waals surface area contributed by atoms with Crippen molar-refractivity contribution in [2.45, 2.75) is 25.7 Å². The lowest BCUT2D eigenvalue weighted by molar-refractivity contribution is -0.121. The molecule has 22 heavy (non-hydrogen) atoms. The van der Waals surface area contributed by atoms with E-state index < -0.39 is 0 Å². The molecule has 1 amide bonds. The highest BCUT2D eigenvalue weighted by Gasteiger charge is 2.05. The Kier molecular flexibility index (Phi) is 6.45. The van der Waals surface area contributed by atoms with Crippen molar-refractivity contribution in [1.29, 1.82) is 0 Å². The van der Waals surface area contributed by atoms with E-state index in [1.165, 1.54) is 0 Å². The molecule has 1 heterocycles. The Bertz CT molecular complexity index is 599. The predicted molar refractivity (Wildman–Crippen MR) is 86.8 cm³/mol. The number of benzene rings is 1. The van der Waals surface area contributed by atoms with E-state index in [0.717, 1.165) is 34.2 Å². The minimum absolute atomic E-state index is 0.0669. The van der Waals surface area contributed by atoms with Gasteiger partial charge in [0.05, 0.1) is 17.8 Å². The molecule has 0 aliphatic carbocycles. The second-order valence-electron chi connectivity index (χ2n) is 4.96. The van der Waals surface area contributed by atoms with Crippen LogP contribution in [0.3, 0.4) is 0 Å². The molecular formula is C16H19BrN2O3. The van der Waals surface area contributed by atoms with Gasteiger partial charge in [0.25, 0.3) is 0 Å². The quantitative estimate of drug-likeness (QED) is 0.729. The molecule has 1 aromatic heterocycles. The summed E-state index contributed by atoms with van der Waals surface area (Å²) in [6.07, 6.45) is 6.25. The molecule has 5 nitrogen and oxygen atoms in total. The van der Waals surface area contributed by atoms with Crippen LogP contribution < -0.4 is 10.1 Å². The predicted octanol–water partition coefficient (Wildman–Crippen LogP) is 3.13. The minimum atomic E-state index is 0.0669. The van der Waals surface area contributed by atoms with Crippen LogP contribution in [0.15, 0.2) is 39.7 Å². The van der Waals surface area contributed by atoms with Crippen molar-refractivity contribution in [3.05, 3.63) is 46.3 Å². The lowest BCUT2D eigenvalue weighted by Crippen LogP contribution is -2.24. The van der Waals surface area contributed by atoms with Gasteiger partial charge in [-0.15, -0.1) is 0 Å². The summed E-state index contributed by atoms with van der Waals surface area (Å²) in [5.74, 6) is 0.860. The number of carbonyl (C=O) groups excluding carboxylic acids is 1. The van der Waals surface area contributed by atoms with Gasteiger partial charge in [-0.1, -0.05) is 11.2 Å². The molecule has 1 N–H and O–H groups in total. The largest absolute Gasteiger partial charge is 0.496 e. The molecule has 0 spiro atoms. The van der Waals surface area contributed by atoms with E-state index in [2.05, 4.69) is 26.4 Å². The third kappa shape index (κ3) is 5.18. The van der Waals surface area contributed by atoms with Gasteiger partial charge in [-0.2, -0.15) is 0 Å². The molecule has 0 atom stereocenters. The van der Waals surface area contributed by atoms with E-state index in [-0.39, 0.29) is 5.91 Å². The van der Waals surface area contributed by atoms with Crippen molar-refractivity contribution in [2.75, 3.05) is 13.7 Å². The number of nitrogens with zero attached hydrogens (tertiary/aromatic N) is 1. The van der Waals surface area contributed by atoms with Gasteiger partial charge in [0.15, 0.2) is 0 Å². The van der Waals surface area contributed by atoms with Crippen molar-refractivity contribution in [3.63, 3.8) is 0 Å². The molecule has 0 bridgehead atoms. The Balaban J connectivity index is 1.66. The molecule has 6 heteroatoms. The van der Waals surface area contributed by atoms with E-state index in [1.807, 2.05) is 18.2 Å². The molecule has 0 radical (unpaired) electrons. The number of hydrogen-bond acceptors (Lipinski definition) is 4. The van der Waals surface area contributed by atoms with Gasteiger partial charge in [-0.05, 0) is 52.9 Å². The molecule has 0 aliphatic rings. The number of halogens is 1. The van der Waals surface area contributed by atoms with Crippen molar-refractivity contribution in [2.24, 2.45) is 0 Å². The van der Waals surface area contributed by atoms with Gasteiger partial charge in [0.1, 0.15) is 12.0 Å². The first-order valence-corrected chi connectivity index (χ1v) is 7.95. The number of hydrogen-bond donors (Lipinski definition) is 1.